The SMILES string of the molecule is CCOc1ccc(-c2ccc(O)c3c2CC2CC4C(N(C)C)C(=O)C(C(N)=O)C(=O)C4(O)C(=O)C2C3=O)cc1CNC(=O)NC(C)(C)C. The standard InChI is InChI=1S/C35H42N4O9/c1-7-48-23-11-8-16(12-18(23)15-37-33(46)38-34(2,3)4)19-9-10-22(40)25-20(19)13-17-14-21-27(39(5)6)29(42)26(32(36)45)31(44)35(21,47)30(43)24(17)28(25)41/h8-12,17,21,24,26-27,40,47H,7,13-15H2,1-6H3,(H2,36,45)(H2,37,38,46). The van der Waals surface area contributed by atoms with Crippen LogP contribution in [0.2, 0.25) is 0 Å². The molecule has 13 nitrogen and oxygen atoms in total. The first-order valence-corrected chi connectivity index (χ1v) is 15.9. The van der Waals surface area contributed by atoms with Gasteiger partial charge in [-0.25, -0.2) is 4.79 Å². The molecule has 5 rings (SSSR count). The smallest absolute Gasteiger partial charge is 0.315 e. The molecular formula is C35H42N4O9. The van der Waals surface area contributed by atoms with Crippen LogP contribution < -0.4 is 21.1 Å². The van der Waals surface area contributed by atoms with Crippen LogP contribution in [0.1, 0.15) is 55.6 Å². The largest absolute Gasteiger partial charge is 0.507 e. The average molecular weight is 663 g/mol. The van der Waals surface area contributed by atoms with Crippen LogP contribution in [0.15, 0.2) is 30.3 Å². The number of rotatable bonds is 7. The van der Waals surface area contributed by atoms with Crippen molar-refractivity contribution in [3.05, 3.63) is 47.0 Å². The Morgan fingerprint density at radius 3 is 2.38 bits per heavy atom. The number of aromatic hydroxyl groups is 1. The lowest BCUT2D eigenvalue weighted by atomic mass is 9.52. The van der Waals surface area contributed by atoms with Gasteiger partial charge in [0.25, 0.3) is 0 Å². The number of likely N-dealkylation sites (N-methyl/N-ethyl adjacent to an activating group) is 1. The van der Waals surface area contributed by atoms with E-state index in [1.165, 1.54) is 25.1 Å². The van der Waals surface area contributed by atoms with Gasteiger partial charge in [0, 0.05) is 23.6 Å². The Morgan fingerprint density at radius 2 is 1.77 bits per heavy atom. The number of ether oxygens (including phenoxy) is 1. The van der Waals surface area contributed by atoms with Gasteiger partial charge in [-0.3, -0.25) is 28.9 Å². The van der Waals surface area contributed by atoms with Gasteiger partial charge in [-0.05, 0) is 95.4 Å². The number of amides is 3. The summed E-state index contributed by atoms with van der Waals surface area (Å²) in [4.78, 5) is 81.3. The number of carbonyl (C=O) groups is 6. The van der Waals surface area contributed by atoms with E-state index in [-0.39, 0.29) is 36.7 Å². The number of phenols is 1. The number of carbonyl (C=O) groups excluding carboxylic acids is 6. The molecule has 2 aromatic carbocycles. The predicted octanol–water partition coefficient (Wildman–Crippen LogP) is 1.53. The summed E-state index contributed by atoms with van der Waals surface area (Å²) in [5.74, 6) is -10.5. The van der Waals surface area contributed by atoms with Crippen LogP contribution in [-0.2, 0) is 32.1 Å². The second-order valence-electron chi connectivity index (χ2n) is 14.1. The maximum atomic E-state index is 14.1. The van der Waals surface area contributed by atoms with Gasteiger partial charge < -0.3 is 31.3 Å². The van der Waals surface area contributed by atoms with Gasteiger partial charge in [-0.1, -0.05) is 12.1 Å². The molecule has 2 aromatic rings. The Bertz CT molecular complexity index is 1730. The normalized spacial score (nSPS) is 26.8. The van der Waals surface area contributed by atoms with E-state index in [2.05, 4.69) is 10.6 Å². The summed E-state index contributed by atoms with van der Waals surface area (Å²) in [5.41, 5.74) is 4.44. The van der Waals surface area contributed by atoms with Gasteiger partial charge in [0.2, 0.25) is 5.91 Å². The number of benzene rings is 2. The first-order valence-electron chi connectivity index (χ1n) is 15.9. The molecule has 0 heterocycles. The maximum absolute atomic E-state index is 14.1. The van der Waals surface area contributed by atoms with Crippen molar-refractivity contribution in [3.8, 4) is 22.6 Å². The second kappa shape index (κ2) is 12.4. The van der Waals surface area contributed by atoms with Crippen molar-refractivity contribution in [2.24, 2.45) is 29.4 Å². The Labute approximate surface area is 278 Å². The predicted molar refractivity (Wildman–Crippen MR) is 173 cm³/mol. The van der Waals surface area contributed by atoms with Crippen LogP contribution in [0.5, 0.6) is 11.5 Å². The van der Waals surface area contributed by atoms with Gasteiger partial charge in [0.05, 0.1) is 24.1 Å². The molecule has 256 valence electrons. The minimum atomic E-state index is -2.79. The van der Waals surface area contributed by atoms with Crippen molar-refractivity contribution in [1.82, 2.24) is 15.5 Å². The van der Waals surface area contributed by atoms with Gasteiger partial charge in [0.15, 0.2) is 34.7 Å². The zero-order valence-electron chi connectivity index (χ0n) is 27.9. The van der Waals surface area contributed by atoms with E-state index in [4.69, 9.17) is 10.5 Å². The summed E-state index contributed by atoms with van der Waals surface area (Å²) in [6, 6.07) is 6.82. The number of Topliss-reactive ketones (excluding diaryl/α,β-unsaturated/α-hetero) is 4. The summed E-state index contributed by atoms with van der Waals surface area (Å²) in [7, 11) is 3.08. The van der Waals surface area contributed by atoms with E-state index in [9.17, 15) is 39.0 Å². The number of phenolic OH excluding ortho intramolecular Hbond substituents is 1. The number of primary amides is 1. The molecule has 3 aliphatic carbocycles. The highest BCUT2D eigenvalue weighted by molar-refractivity contribution is 6.32. The monoisotopic (exact) mass is 662 g/mol. The molecular weight excluding hydrogens is 620 g/mol. The Hall–Kier alpha value is -4.62. The van der Waals surface area contributed by atoms with E-state index in [0.29, 0.717) is 34.6 Å². The number of nitrogens with two attached hydrogens (primary N) is 1. The second-order valence-corrected chi connectivity index (χ2v) is 14.1. The number of ketones is 4. The lowest BCUT2D eigenvalue weighted by molar-refractivity contribution is -0.181. The summed E-state index contributed by atoms with van der Waals surface area (Å²) in [6.45, 7) is 7.94. The fourth-order valence-electron chi connectivity index (χ4n) is 7.62. The lowest BCUT2D eigenvalue weighted by Crippen LogP contribution is -2.74. The molecule has 6 atom stereocenters. The molecule has 6 unspecified atom stereocenters. The Balaban J connectivity index is 1.57. The van der Waals surface area contributed by atoms with Crippen molar-refractivity contribution >= 4 is 35.1 Å². The highest BCUT2D eigenvalue weighted by atomic mass is 16.5. The molecule has 0 saturated heterocycles. The molecule has 6 N–H and O–H groups in total. The fraction of sp³-hybridized carbons (Fsp3) is 0.486. The topological polar surface area (TPSA) is 205 Å². The third-order valence-electron chi connectivity index (χ3n) is 9.54. The molecule has 0 radical (unpaired) electrons. The van der Waals surface area contributed by atoms with Crippen molar-refractivity contribution < 1.29 is 43.7 Å². The molecule has 0 spiro atoms. The quantitative estimate of drug-likeness (QED) is 0.270. The number of aliphatic hydroxyl groups is 1. The summed E-state index contributed by atoms with van der Waals surface area (Å²) in [6.07, 6.45) is 0.0602. The molecule has 3 amide bonds. The fourth-order valence-corrected chi connectivity index (χ4v) is 7.62. The number of nitrogens with zero attached hydrogens (tertiary/aromatic N) is 1. The van der Waals surface area contributed by atoms with Crippen molar-refractivity contribution in [2.75, 3.05) is 20.7 Å². The number of urea groups is 1. The van der Waals surface area contributed by atoms with Crippen LogP contribution in [0.25, 0.3) is 11.1 Å². The summed E-state index contributed by atoms with van der Waals surface area (Å²) >= 11 is 0. The van der Waals surface area contributed by atoms with E-state index >= 15 is 0 Å². The minimum Gasteiger partial charge on any atom is -0.507 e. The molecule has 2 saturated carbocycles. The van der Waals surface area contributed by atoms with Crippen molar-refractivity contribution in [2.45, 2.75) is 64.3 Å². The summed E-state index contributed by atoms with van der Waals surface area (Å²) in [5, 5.41) is 28.4. The number of hydrogen-bond acceptors (Lipinski definition) is 10. The zero-order chi connectivity index (χ0) is 35.5. The molecule has 0 aromatic heterocycles. The molecule has 13 heteroatoms. The highest BCUT2D eigenvalue weighted by Gasteiger charge is 2.69. The van der Waals surface area contributed by atoms with Gasteiger partial charge in [0.1, 0.15) is 11.5 Å². The van der Waals surface area contributed by atoms with Gasteiger partial charge >= 0.3 is 6.03 Å². The van der Waals surface area contributed by atoms with Crippen molar-refractivity contribution in [3.63, 3.8) is 0 Å². The van der Waals surface area contributed by atoms with E-state index < -0.39 is 69.9 Å². The minimum absolute atomic E-state index is 0.0552. The van der Waals surface area contributed by atoms with Crippen LogP contribution >= 0.6 is 0 Å². The Kier molecular flexibility index (Phi) is 8.99. The first kappa shape index (κ1) is 34.7. The third-order valence-corrected chi connectivity index (χ3v) is 9.54. The van der Waals surface area contributed by atoms with Gasteiger partial charge in [-0.15, -0.1) is 0 Å². The molecule has 48 heavy (non-hydrogen) atoms. The first-order chi connectivity index (χ1) is 22.4. The van der Waals surface area contributed by atoms with Crippen LogP contribution in [-0.4, -0.2) is 88.1 Å². The molecule has 3 aliphatic rings. The van der Waals surface area contributed by atoms with E-state index in [1.54, 1.807) is 18.2 Å². The molecule has 2 fully saturated rings. The lowest BCUT2D eigenvalue weighted by Gasteiger charge is -2.52. The number of hydrogen-bond donors (Lipinski definition) is 5. The number of nitrogens with one attached hydrogen (secondary N) is 2. The average Bonchev–Trinajstić information content (AvgIpc) is 2.97. The van der Waals surface area contributed by atoms with Gasteiger partial charge in [-0.2, -0.15) is 0 Å². The highest BCUT2D eigenvalue weighted by Crippen LogP contribution is 2.52. The molecule has 0 aliphatic heterocycles. The van der Waals surface area contributed by atoms with Crippen LogP contribution in [0, 0.1) is 23.7 Å². The van der Waals surface area contributed by atoms with Crippen LogP contribution in [0.4, 0.5) is 4.79 Å². The maximum Gasteiger partial charge on any atom is 0.315 e. The molecule has 0 bridgehead atoms. The summed E-state index contributed by atoms with van der Waals surface area (Å²) < 4.78 is 5.81. The van der Waals surface area contributed by atoms with Crippen molar-refractivity contribution in [1.29, 1.82) is 0 Å². The van der Waals surface area contributed by atoms with Crippen LogP contribution in [0.3, 0.4) is 0 Å². The van der Waals surface area contributed by atoms with E-state index in [1.807, 2.05) is 33.8 Å². The third kappa shape index (κ3) is 5.74. The zero-order valence-corrected chi connectivity index (χ0v) is 27.9. The number of fused-ring (bicyclic) bond motifs is 3. The Morgan fingerprint density at radius 1 is 1.08 bits per heavy atom. The van der Waals surface area contributed by atoms with E-state index in [0.717, 1.165) is 0 Å².